The molecule has 1 aromatic carbocycles. The van der Waals surface area contributed by atoms with Crippen molar-refractivity contribution in [2.75, 3.05) is 7.11 Å². The zero-order valence-corrected chi connectivity index (χ0v) is 10.5. The molecule has 1 unspecified atom stereocenters. The fraction of sp³-hybridized carbons (Fsp3) is 0.500. The van der Waals surface area contributed by atoms with E-state index in [0.29, 0.717) is 12.3 Å². The first-order chi connectivity index (χ1) is 7.54. The minimum atomic E-state index is 0.262. The van der Waals surface area contributed by atoms with Gasteiger partial charge in [-0.25, -0.2) is 0 Å². The summed E-state index contributed by atoms with van der Waals surface area (Å²) in [6.45, 7) is 5.90. The van der Waals surface area contributed by atoms with Gasteiger partial charge in [0.25, 0.3) is 0 Å². The monoisotopic (exact) mass is 220 g/mol. The first-order valence-electron chi connectivity index (χ1n) is 5.68. The van der Waals surface area contributed by atoms with E-state index in [1.54, 1.807) is 14.0 Å². The van der Waals surface area contributed by atoms with Crippen LogP contribution in [-0.4, -0.2) is 12.9 Å². The summed E-state index contributed by atoms with van der Waals surface area (Å²) in [5, 5.41) is 0. The van der Waals surface area contributed by atoms with Gasteiger partial charge < -0.3 is 9.53 Å². The molecule has 2 heteroatoms. The van der Waals surface area contributed by atoms with Crippen LogP contribution in [0.4, 0.5) is 0 Å². The molecule has 0 amide bonds. The van der Waals surface area contributed by atoms with Crippen molar-refractivity contribution in [3.63, 3.8) is 0 Å². The number of carbonyl (C=O) groups is 1. The number of aryl methyl sites for hydroxylation is 1. The molecule has 0 aromatic heterocycles. The van der Waals surface area contributed by atoms with Gasteiger partial charge in [0.2, 0.25) is 0 Å². The summed E-state index contributed by atoms with van der Waals surface area (Å²) in [5.41, 5.74) is 2.54. The largest absolute Gasteiger partial charge is 0.497 e. The summed E-state index contributed by atoms with van der Waals surface area (Å²) in [4.78, 5) is 10.9. The van der Waals surface area contributed by atoms with Gasteiger partial charge in [0.15, 0.2) is 0 Å². The van der Waals surface area contributed by atoms with Crippen molar-refractivity contribution in [3.8, 4) is 5.75 Å². The highest BCUT2D eigenvalue weighted by Gasteiger charge is 2.10. The molecule has 0 aliphatic heterocycles. The Balaban J connectivity index is 2.75. The third-order valence-corrected chi connectivity index (χ3v) is 2.94. The molecular formula is C14H20O2. The second kappa shape index (κ2) is 5.69. The highest BCUT2D eigenvalue weighted by molar-refractivity contribution is 5.75. The van der Waals surface area contributed by atoms with Gasteiger partial charge in [-0.1, -0.05) is 13.0 Å². The topological polar surface area (TPSA) is 26.3 Å². The van der Waals surface area contributed by atoms with Crippen LogP contribution in [0.15, 0.2) is 18.2 Å². The van der Waals surface area contributed by atoms with Crippen LogP contribution in [0, 0.1) is 6.92 Å². The Morgan fingerprint density at radius 1 is 1.44 bits per heavy atom. The zero-order chi connectivity index (χ0) is 12.1. The number of carbonyl (C=O) groups excluding carboxylic acids is 1. The van der Waals surface area contributed by atoms with Gasteiger partial charge in [0.05, 0.1) is 7.11 Å². The Bertz CT molecular complexity index is 369. The molecule has 1 rings (SSSR count). The zero-order valence-electron chi connectivity index (χ0n) is 10.5. The molecule has 0 heterocycles. The molecule has 0 saturated carbocycles. The van der Waals surface area contributed by atoms with Gasteiger partial charge in [-0.05, 0) is 49.4 Å². The third-order valence-electron chi connectivity index (χ3n) is 2.94. The molecule has 1 aromatic rings. The fourth-order valence-electron chi connectivity index (χ4n) is 1.90. The lowest BCUT2D eigenvalue weighted by atomic mass is 9.92. The van der Waals surface area contributed by atoms with E-state index in [9.17, 15) is 4.79 Å². The number of rotatable bonds is 5. The Morgan fingerprint density at radius 3 is 2.62 bits per heavy atom. The van der Waals surface area contributed by atoms with E-state index in [4.69, 9.17) is 4.74 Å². The van der Waals surface area contributed by atoms with Crippen molar-refractivity contribution in [2.45, 2.75) is 39.5 Å². The number of benzene rings is 1. The van der Waals surface area contributed by atoms with Crippen LogP contribution in [0.1, 0.15) is 43.7 Å². The number of hydrogen-bond donors (Lipinski definition) is 0. The summed E-state index contributed by atoms with van der Waals surface area (Å²) in [5.74, 6) is 1.58. The van der Waals surface area contributed by atoms with Crippen LogP contribution < -0.4 is 4.74 Å². The molecule has 88 valence electrons. The molecular weight excluding hydrogens is 200 g/mol. The van der Waals surface area contributed by atoms with Crippen molar-refractivity contribution in [3.05, 3.63) is 29.3 Å². The van der Waals surface area contributed by atoms with Crippen molar-refractivity contribution < 1.29 is 9.53 Å². The van der Waals surface area contributed by atoms with E-state index in [2.05, 4.69) is 19.9 Å². The molecule has 1 atom stereocenters. The lowest BCUT2D eigenvalue weighted by Gasteiger charge is -2.14. The minimum Gasteiger partial charge on any atom is -0.497 e. The van der Waals surface area contributed by atoms with Crippen LogP contribution in [0.5, 0.6) is 5.75 Å². The van der Waals surface area contributed by atoms with Gasteiger partial charge in [-0.2, -0.15) is 0 Å². The molecule has 0 spiro atoms. The Morgan fingerprint density at radius 2 is 2.12 bits per heavy atom. The summed E-state index contributed by atoms with van der Waals surface area (Å²) < 4.78 is 5.17. The number of hydrogen-bond acceptors (Lipinski definition) is 2. The Hall–Kier alpha value is -1.31. The molecule has 0 saturated heterocycles. The molecule has 2 nitrogen and oxygen atoms in total. The van der Waals surface area contributed by atoms with Crippen LogP contribution in [0.3, 0.4) is 0 Å². The van der Waals surface area contributed by atoms with Gasteiger partial charge >= 0.3 is 0 Å². The maximum atomic E-state index is 10.9. The van der Waals surface area contributed by atoms with E-state index < -0.39 is 0 Å². The van der Waals surface area contributed by atoms with Crippen molar-refractivity contribution in [2.24, 2.45) is 0 Å². The van der Waals surface area contributed by atoms with E-state index in [1.165, 1.54) is 11.1 Å². The summed E-state index contributed by atoms with van der Waals surface area (Å²) in [6.07, 6.45) is 1.58. The predicted molar refractivity (Wildman–Crippen MR) is 66.1 cm³/mol. The molecule has 0 aliphatic rings. The lowest BCUT2D eigenvalue weighted by Crippen LogP contribution is -2.00. The second-order valence-electron chi connectivity index (χ2n) is 4.36. The standard InChI is InChI=1S/C14H20O2/c1-10(5-6-12(3)15)14-8-7-13(16-4)9-11(14)2/h7-10H,5-6H2,1-4H3. The van der Waals surface area contributed by atoms with E-state index in [-0.39, 0.29) is 5.78 Å². The van der Waals surface area contributed by atoms with Crippen LogP contribution >= 0.6 is 0 Å². The quantitative estimate of drug-likeness (QED) is 0.759. The van der Waals surface area contributed by atoms with Gasteiger partial charge in [-0.15, -0.1) is 0 Å². The molecule has 0 fully saturated rings. The maximum absolute atomic E-state index is 10.9. The molecule has 16 heavy (non-hydrogen) atoms. The number of ketones is 1. The highest BCUT2D eigenvalue weighted by atomic mass is 16.5. The molecule has 0 aliphatic carbocycles. The van der Waals surface area contributed by atoms with Crippen LogP contribution in [-0.2, 0) is 4.79 Å². The van der Waals surface area contributed by atoms with Crippen molar-refractivity contribution in [1.29, 1.82) is 0 Å². The number of Topliss-reactive ketones (excluding diaryl/α,β-unsaturated/α-hetero) is 1. The SMILES string of the molecule is COc1ccc(C(C)CCC(C)=O)c(C)c1. The maximum Gasteiger partial charge on any atom is 0.129 e. The van der Waals surface area contributed by atoms with Crippen molar-refractivity contribution in [1.82, 2.24) is 0 Å². The normalized spacial score (nSPS) is 12.2. The van der Waals surface area contributed by atoms with E-state index >= 15 is 0 Å². The molecule has 0 N–H and O–H groups in total. The van der Waals surface area contributed by atoms with Crippen LogP contribution in [0.25, 0.3) is 0 Å². The smallest absolute Gasteiger partial charge is 0.129 e. The first-order valence-corrected chi connectivity index (χ1v) is 5.68. The number of ether oxygens (including phenoxy) is 1. The number of methoxy groups -OCH3 is 1. The van der Waals surface area contributed by atoms with Gasteiger partial charge in [-0.3, -0.25) is 0 Å². The Labute approximate surface area is 97.6 Å². The Kier molecular flexibility index (Phi) is 4.53. The lowest BCUT2D eigenvalue weighted by molar-refractivity contribution is -0.117. The average molecular weight is 220 g/mol. The average Bonchev–Trinajstić information content (AvgIpc) is 2.25. The summed E-state index contributed by atoms with van der Waals surface area (Å²) >= 11 is 0. The van der Waals surface area contributed by atoms with Crippen LogP contribution in [0.2, 0.25) is 0 Å². The second-order valence-corrected chi connectivity index (χ2v) is 4.36. The fourth-order valence-corrected chi connectivity index (χ4v) is 1.90. The van der Waals surface area contributed by atoms with E-state index in [0.717, 1.165) is 12.2 Å². The third kappa shape index (κ3) is 3.37. The van der Waals surface area contributed by atoms with Gasteiger partial charge in [0.1, 0.15) is 11.5 Å². The van der Waals surface area contributed by atoms with Gasteiger partial charge in [0, 0.05) is 6.42 Å². The predicted octanol–water partition coefficient (Wildman–Crippen LogP) is 3.48. The highest BCUT2D eigenvalue weighted by Crippen LogP contribution is 2.26. The summed E-state index contributed by atoms with van der Waals surface area (Å²) in [7, 11) is 1.67. The molecule has 0 radical (unpaired) electrons. The first kappa shape index (κ1) is 12.8. The van der Waals surface area contributed by atoms with E-state index in [1.807, 2.05) is 12.1 Å². The minimum absolute atomic E-state index is 0.262. The van der Waals surface area contributed by atoms with Crippen molar-refractivity contribution >= 4 is 5.78 Å². The summed E-state index contributed by atoms with van der Waals surface area (Å²) in [6, 6.07) is 6.12. The molecule has 0 bridgehead atoms.